The Morgan fingerprint density at radius 1 is 1.15 bits per heavy atom. The summed E-state index contributed by atoms with van der Waals surface area (Å²) in [4.78, 5) is 35.4. The molecule has 2 aromatic carbocycles. The highest BCUT2D eigenvalue weighted by molar-refractivity contribution is 7.93. The van der Waals surface area contributed by atoms with Gasteiger partial charge < -0.3 is 9.15 Å². The average Bonchev–Trinajstić information content (AvgIpc) is 3.09. The summed E-state index contributed by atoms with van der Waals surface area (Å²) < 4.78 is 38.2. The molecule has 1 amide bonds. The maximum Gasteiger partial charge on any atom is 0.342 e. The molecule has 0 fully saturated rings. The number of nitro groups is 1. The molecule has 0 atom stereocenters. The number of anilines is 1. The van der Waals surface area contributed by atoms with Gasteiger partial charge >= 0.3 is 5.97 Å². The Hall–Kier alpha value is -3.73. The largest absolute Gasteiger partial charge is 0.462 e. The number of non-ortho nitro benzene ring substituents is 1. The number of rotatable bonds is 8. The Labute approximate surface area is 189 Å². The summed E-state index contributed by atoms with van der Waals surface area (Å²) in [5, 5.41) is 11.4. The van der Waals surface area contributed by atoms with Crippen LogP contribution in [0.5, 0.6) is 0 Å². The molecule has 3 rings (SSSR count). The zero-order chi connectivity index (χ0) is 24.3. The minimum atomic E-state index is -4.50. The molecule has 0 radical (unpaired) electrons. The predicted molar refractivity (Wildman–Crippen MR) is 120 cm³/mol. The van der Waals surface area contributed by atoms with Gasteiger partial charge in [0.25, 0.3) is 15.7 Å². The molecule has 0 aliphatic rings. The van der Waals surface area contributed by atoms with E-state index in [0.29, 0.717) is 16.3 Å². The lowest BCUT2D eigenvalue weighted by Crippen LogP contribution is -2.36. The lowest BCUT2D eigenvalue weighted by atomic mass is 10.1. The SMILES string of the molecule is CCCC(=O)N(c1ccc2oc(C)c(C(=O)OCC)c2c1)S(=O)(=O)c1cccc([N+](=O)[O-])c1. The monoisotopic (exact) mass is 474 g/mol. The quantitative estimate of drug-likeness (QED) is 0.267. The summed E-state index contributed by atoms with van der Waals surface area (Å²) in [6.07, 6.45) is 0.294. The van der Waals surface area contributed by atoms with Crippen molar-refractivity contribution in [2.75, 3.05) is 10.9 Å². The molecule has 174 valence electrons. The third kappa shape index (κ3) is 4.58. The minimum Gasteiger partial charge on any atom is -0.462 e. The summed E-state index contributed by atoms with van der Waals surface area (Å²) in [6.45, 7) is 5.08. The van der Waals surface area contributed by atoms with Crippen molar-refractivity contribution >= 4 is 44.2 Å². The first-order chi connectivity index (χ1) is 15.6. The van der Waals surface area contributed by atoms with Crippen LogP contribution in [0.1, 0.15) is 42.8 Å². The summed E-state index contributed by atoms with van der Waals surface area (Å²) >= 11 is 0. The Kier molecular flexibility index (Phi) is 6.82. The third-order valence-electron chi connectivity index (χ3n) is 4.82. The van der Waals surface area contributed by atoms with Crippen molar-refractivity contribution in [1.82, 2.24) is 0 Å². The number of ether oxygens (including phenoxy) is 1. The van der Waals surface area contributed by atoms with Gasteiger partial charge in [-0.2, -0.15) is 0 Å². The van der Waals surface area contributed by atoms with Crippen LogP contribution in [0.4, 0.5) is 11.4 Å². The molecule has 0 saturated heterocycles. The minimum absolute atomic E-state index is 0.0289. The van der Waals surface area contributed by atoms with Crippen molar-refractivity contribution in [3.05, 3.63) is 63.9 Å². The van der Waals surface area contributed by atoms with E-state index in [0.717, 1.165) is 12.1 Å². The van der Waals surface area contributed by atoms with Crippen LogP contribution in [0.2, 0.25) is 0 Å². The smallest absolute Gasteiger partial charge is 0.342 e. The van der Waals surface area contributed by atoms with Crippen LogP contribution in [-0.2, 0) is 19.6 Å². The van der Waals surface area contributed by atoms with Gasteiger partial charge in [0.1, 0.15) is 16.9 Å². The molecule has 0 bridgehead atoms. The number of benzene rings is 2. The zero-order valence-electron chi connectivity index (χ0n) is 18.2. The highest BCUT2D eigenvalue weighted by atomic mass is 32.2. The molecule has 0 aliphatic carbocycles. The lowest BCUT2D eigenvalue weighted by molar-refractivity contribution is -0.385. The first-order valence-corrected chi connectivity index (χ1v) is 11.6. The molecule has 3 aromatic rings. The Morgan fingerprint density at radius 3 is 2.52 bits per heavy atom. The number of sulfonamides is 1. The second-order valence-corrected chi connectivity index (χ2v) is 8.89. The van der Waals surface area contributed by atoms with Crippen molar-refractivity contribution in [2.45, 2.75) is 38.5 Å². The zero-order valence-corrected chi connectivity index (χ0v) is 19.0. The van der Waals surface area contributed by atoms with E-state index in [1.807, 2.05) is 0 Å². The van der Waals surface area contributed by atoms with Crippen LogP contribution in [0, 0.1) is 17.0 Å². The van der Waals surface area contributed by atoms with E-state index in [1.165, 1.54) is 30.3 Å². The number of carbonyl (C=O) groups excluding carboxylic acids is 2. The van der Waals surface area contributed by atoms with Gasteiger partial charge in [-0.3, -0.25) is 14.9 Å². The fourth-order valence-electron chi connectivity index (χ4n) is 3.39. The molecule has 0 aliphatic heterocycles. The molecule has 0 spiro atoms. The second kappa shape index (κ2) is 9.41. The molecular formula is C22H22N2O8S. The van der Waals surface area contributed by atoms with Crippen molar-refractivity contribution in [1.29, 1.82) is 0 Å². The van der Waals surface area contributed by atoms with Crippen molar-refractivity contribution < 1.29 is 32.1 Å². The van der Waals surface area contributed by atoms with Gasteiger partial charge in [0.05, 0.1) is 22.1 Å². The number of furan rings is 1. The van der Waals surface area contributed by atoms with E-state index >= 15 is 0 Å². The maximum absolute atomic E-state index is 13.5. The van der Waals surface area contributed by atoms with Crippen molar-refractivity contribution in [3.8, 4) is 0 Å². The van der Waals surface area contributed by atoms with E-state index < -0.39 is 37.4 Å². The Morgan fingerprint density at radius 2 is 1.88 bits per heavy atom. The molecule has 0 saturated carbocycles. The Balaban J connectivity index is 2.22. The molecule has 1 aromatic heterocycles. The molecular weight excluding hydrogens is 452 g/mol. The topological polar surface area (TPSA) is 137 Å². The first-order valence-electron chi connectivity index (χ1n) is 10.1. The van der Waals surface area contributed by atoms with Crippen LogP contribution in [0.25, 0.3) is 11.0 Å². The number of fused-ring (bicyclic) bond motifs is 1. The van der Waals surface area contributed by atoms with E-state index in [-0.39, 0.29) is 35.4 Å². The van der Waals surface area contributed by atoms with Crippen LogP contribution < -0.4 is 4.31 Å². The number of carbonyl (C=O) groups is 2. The maximum atomic E-state index is 13.5. The van der Waals surface area contributed by atoms with Crippen LogP contribution in [-0.4, -0.2) is 31.8 Å². The van der Waals surface area contributed by atoms with E-state index in [9.17, 15) is 28.1 Å². The van der Waals surface area contributed by atoms with Crippen LogP contribution >= 0.6 is 0 Å². The Bertz CT molecular complexity index is 1340. The standard InChI is InChI=1S/C22H22N2O8S/c1-4-7-20(25)23(33(29,30)17-9-6-8-16(12-17)24(27)28)15-10-11-19-18(13-15)21(14(3)32-19)22(26)31-5-2/h6,8-13H,4-5,7H2,1-3H3. The number of esters is 1. The summed E-state index contributed by atoms with van der Waals surface area (Å²) in [7, 11) is -4.50. The predicted octanol–water partition coefficient (Wildman–Crippen LogP) is 4.35. The molecule has 10 nitrogen and oxygen atoms in total. The van der Waals surface area contributed by atoms with E-state index in [1.54, 1.807) is 20.8 Å². The molecule has 0 unspecified atom stereocenters. The summed E-state index contributed by atoms with van der Waals surface area (Å²) in [5.74, 6) is -1.08. The summed E-state index contributed by atoms with van der Waals surface area (Å²) in [5.41, 5.74) is -0.0115. The van der Waals surface area contributed by atoms with Gasteiger partial charge in [0, 0.05) is 23.9 Å². The van der Waals surface area contributed by atoms with Crippen molar-refractivity contribution in [2.24, 2.45) is 0 Å². The number of nitro benzene ring substituents is 1. The molecule has 1 heterocycles. The van der Waals surface area contributed by atoms with Gasteiger partial charge in [0.2, 0.25) is 5.91 Å². The van der Waals surface area contributed by atoms with E-state index in [4.69, 9.17) is 9.15 Å². The molecule has 33 heavy (non-hydrogen) atoms. The van der Waals surface area contributed by atoms with Gasteiger partial charge in [-0.25, -0.2) is 17.5 Å². The second-order valence-electron chi connectivity index (χ2n) is 7.10. The van der Waals surface area contributed by atoms with Gasteiger partial charge in [-0.05, 0) is 44.5 Å². The number of hydrogen-bond donors (Lipinski definition) is 0. The van der Waals surface area contributed by atoms with Crippen molar-refractivity contribution in [3.63, 3.8) is 0 Å². The van der Waals surface area contributed by atoms with Crippen LogP contribution in [0.15, 0.2) is 51.8 Å². The van der Waals surface area contributed by atoms with Gasteiger partial charge in [-0.1, -0.05) is 13.0 Å². The first kappa shape index (κ1) is 23.9. The normalized spacial score (nSPS) is 11.4. The summed E-state index contributed by atoms with van der Waals surface area (Å²) in [6, 6.07) is 8.65. The van der Waals surface area contributed by atoms with Gasteiger partial charge in [0.15, 0.2) is 0 Å². The lowest BCUT2D eigenvalue weighted by Gasteiger charge is -2.22. The number of hydrogen-bond acceptors (Lipinski definition) is 8. The highest BCUT2D eigenvalue weighted by Gasteiger charge is 2.32. The van der Waals surface area contributed by atoms with E-state index in [2.05, 4.69) is 0 Å². The fourth-order valence-corrected chi connectivity index (χ4v) is 4.87. The number of aryl methyl sites for hydroxylation is 1. The average molecular weight is 474 g/mol. The number of nitrogens with zero attached hydrogens (tertiary/aromatic N) is 2. The number of amides is 1. The van der Waals surface area contributed by atoms with Gasteiger partial charge in [-0.15, -0.1) is 0 Å². The fraction of sp³-hybridized carbons (Fsp3) is 0.273. The van der Waals surface area contributed by atoms with Crippen LogP contribution in [0.3, 0.4) is 0 Å². The third-order valence-corrected chi connectivity index (χ3v) is 6.56. The molecule has 11 heteroatoms. The molecule has 0 N–H and O–H groups in total. The highest BCUT2D eigenvalue weighted by Crippen LogP contribution is 2.33.